The average Bonchev–Trinajstić information content (AvgIpc) is 2.58. The lowest BCUT2D eigenvalue weighted by atomic mass is 10.2. The van der Waals surface area contributed by atoms with Crippen molar-refractivity contribution in [1.82, 2.24) is 5.43 Å². The number of amides is 2. The van der Waals surface area contributed by atoms with Gasteiger partial charge in [-0.15, -0.1) is 0 Å². The zero-order chi connectivity index (χ0) is 17.5. The van der Waals surface area contributed by atoms with Crippen LogP contribution in [0.15, 0.2) is 47.6 Å². The molecule has 0 bridgehead atoms. The number of nitrogens with zero attached hydrogens (tertiary/aromatic N) is 1. The van der Waals surface area contributed by atoms with E-state index in [-0.39, 0.29) is 11.5 Å². The van der Waals surface area contributed by atoms with Crippen molar-refractivity contribution in [3.8, 4) is 11.5 Å². The summed E-state index contributed by atoms with van der Waals surface area (Å²) in [5.41, 5.74) is 2.99. The third kappa shape index (κ3) is 4.47. The van der Waals surface area contributed by atoms with E-state index in [2.05, 4.69) is 15.8 Å². The fourth-order valence-electron chi connectivity index (χ4n) is 1.73. The van der Waals surface area contributed by atoms with E-state index in [0.717, 1.165) is 0 Å². The number of hydrogen-bond donors (Lipinski definition) is 3. The van der Waals surface area contributed by atoms with Crippen molar-refractivity contribution in [3.63, 3.8) is 0 Å². The van der Waals surface area contributed by atoms with Crippen molar-refractivity contribution in [2.45, 2.75) is 0 Å². The number of hydrazone groups is 1. The van der Waals surface area contributed by atoms with Crippen LogP contribution in [0.4, 0.5) is 5.69 Å². The van der Waals surface area contributed by atoms with E-state index in [9.17, 15) is 14.7 Å². The molecule has 2 amide bonds. The molecule has 0 unspecified atom stereocenters. The lowest BCUT2D eigenvalue weighted by Crippen LogP contribution is -2.32. The highest BCUT2D eigenvalue weighted by molar-refractivity contribution is 6.41. The second-order valence-corrected chi connectivity index (χ2v) is 4.97. The van der Waals surface area contributed by atoms with Crippen LogP contribution in [0.2, 0.25) is 5.02 Å². The number of hydrogen-bond acceptors (Lipinski definition) is 5. The number of methoxy groups -OCH3 is 1. The van der Waals surface area contributed by atoms with Gasteiger partial charge in [0.2, 0.25) is 0 Å². The monoisotopic (exact) mass is 347 g/mol. The molecule has 3 N–H and O–H groups in total. The lowest BCUT2D eigenvalue weighted by Gasteiger charge is -2.05. The molecule has 0 spiro atoms. The summed E-state index contributed by atoms with van der Waals surface area (Å²) in [4.78, 5) is 23.4. The van der Waals surface area contributed by atoms with Crippen LogP contribution in [0.1, 0.15) is 5.56 Å². The van der Waals surface area contributed by atoms with E-state index < -0.39 is 11.8 Å². The number of halogens is 1. The third-order valence-electron chi connectivity index (χ3n) is 2.91. The number of nitrogens with one attached hydrogen (secondary N) is 2. The van der Waals surface area contributed by atoms with Crippen LogP contribution in [-0.4, -0.2) is 30.2 Å². The summed E-state index contributed by atoms with van der Waals surface area (Å²) in [6.07, 6.45) is 1.31. The average molecular weight is 348 g/mol. The molecule has 2 aromatic carbocycles. The highest BCUT2D eigenvalue weighted by Gasteiger charge is 2.14. The minimum absolute atomic E-state index is 0.0159. The lowest BCUT2D eigenvalue weighted by molar-refractivity contribution is -0.136. The van der Waals surface area contributed by atoms with Crippen molar-refractivity contribution in [1.29, 1.82) is 0 Å². The Balaban J connectivity index is 1.95. The fraction of sp³-hybridized carbons (Fsp3) is 0.0625. The van der Waals surface area contributed by atoms with Gasteiger partial charge < -0.3 is 15.2 Å². The standard InChI is InChI=1S/C16H14ClN3O4/c1-24-14-8-10(6-7-13(14)21)9-18-20-16(23)15(22)19-12-5-3-2-4-11(12)17/h2-9,21H,1H3,(H,19,22)(H,20,23). The molecule has 0 atom stereocenters. The summed E-state index contributed by atoms with van der Waals surface area (Å²) < 4.78 is 4.95. The van der Waals surface area contributed by atoms with E-state index in [4.69, 9.17) is 16.3 Å². The van der Waals surface area contributed by atoms with Crippen LogP contribution in [0, 0.1) is 0 Å². The molecule has 8 heteroatoms. The van der Waals surface area contributed by atoms with Crippen molar-refractivity contribution in [3.05, 3.63) is 53.1 Å². The summed E-state index contributed by atoms with van der Waals surface area (Å²) in [5.74, 6) is -1.60. The fourth-order valence-corrected chi connectivity index (χ4v) is 1.92. The van der Waals surface area contributed by atoms with Gasteiger partial charge in [0, 0.05) is 0 Å². The van der Waals surface area contributed by atoms with Crippen molar-refractivity contribution in [2.75, 3.05) is 12.4 Å². The Morgan fingerprint density at radius 2 is 1.96 bits per heavy atom. The van der Waals surface area contributed by atoms with Gasteiger partial charge in [0.05, 0.1) is 24.0 Å². The number of carbonyl (C=O) groups excluding carboxylic acids is 2. The summed E-state index contributed by atoms with van der Waals surface area (Å²) in [6, 6.07) is 11.0. The first kappa shape index (κ1) is 17.3. The number of carbonyl (C=O) groups is 2. The van der Waals surface area contributed by atoms with Gasteiger partial charge in [-0.05, 0) is 35.9 Å². The normalized spacial score (nSPS) is 10.4. The molecule has 0 saturated carbocycles. The van der Waals surface area contributed by atoms with Gasteiger partial charge in [-0.1, -0.05) is 23.7 Å². The first-order valence-corrected chi connectivity index (χ1v) is 7.15. The molecule has 0 saturated heterocycles. The summed E-state index contributed by atoms with van der Waals surface area (Å²) >= 11 is 5.89. The van der Waals surface area contributed by atoms with Crippen LogP contribution in [-0.2, 0) is 9.59 Å². The molecule has 0 aromatic heterocycles. The molecule has 2 aromatic rings. The molecule has 0 aliphatic carbocycles. The summed E-state index contributed by atoms with van der Waals surface area (Å²) in [5, 5.41) is 15.8. The molecule has 0 heterocycles. The molecule has 24 heavy (non-hydrogen) atoms. The third-order valence-corrected chi connectivity index (χ3v) is 3.24. The molecule has 0 aliphatic heterocycles. The van der Waals surface area contributed by atoms with Crippen molar-refractivity contribution >= 4 is 35.3 Å². The van der Waals surface area contributed by atoms with Gasteiger partial charge in [-0.2, -0.15) is 5.10 Å². The molecule has 124 valence electrons. The summed E-state index contributed by atoms with van der Waals surface area (Å²) in [6.45, 7) is 0. The molecular weight excluding hydrogens is 334 g/mol. The second kappa shape index (κ2) is 7.98. The Hall–Kier alpha value is -3.06. The molecular formula is C16H14ClN3O4. The Bertz CT molecular complexity index is 793. The molecule has 0 aliphatic rings. The largest absolute Gasteiger partial charge is 0.504 e. The van der Waals surface area contributed by atoms with Gasteiger partial charge in [0.1, 0.15) is 0 Å². The van der Waals surface area contributed by atoms with E-state index in [1.165, 1.54) is 25.5 Å². The first-order valence-electron chi connectivity index (χ1n) is 6.77. The van der Waals surface area contributed by atoms with Crippen LogP contribution in [0.25, 0.3) is 0 Å². The highest BCUT2D eigenvalue weighted by Crippen LogP contribution is 2.25. The maximum absolute atomic E-state index is 11.7. The van der Waals surface area contributed by atoms with Crippen LogP contribution in [0.3, 0.4) is 0 Å². The molecule has 0 radical (unpaired) electrons. The topological polar surface area (TPSA) is 100 Å². The SMILES string of the molecule is COc1cc(C=NNC(=O)C(=O)Nc2ccccc2Cl)ccc1O. The van der Waals surface area contributed by atoms with E-state index >= 15 is 0 Å². The predicted molar refractivity (Wildman–Crippen MR) is 90.5 cm³/mol. The first-order chi connectivity index (χ1) is 11.5. The minimum atomic E-state index is -0.947. The van der Waals surface area contributed by atoms with Gasteiger partial charge in [-0.25, -0.2) is 5.43 Å². The van der Waals surface area contributed by atoms with Gasteiger partial charge >= 0.3 is 11.8 Å². The highest BCUT2D eigenvalue weighted by atomic mass is 35.5. The quantitative estimate of drug-likeness (QED) is 0.448. The van der Waals surface area contributed by atoms with E-state index in [0.29, 0.717) is 16.3 Å². The number of anilines is 1. The Morgan fingerprint density at radius 3 is 2.67 bits per heavy atom. The van der Waals surface area contributed by atoms with E-state index in [1.54, 1.807) is 30.3 Å². The number of ether oxygens (including phenoxy) is 1. The van der Waals surface area contributed by atoms with Gasteiger partial charge in [0.25, 0.3) is 0 Å². The molecule has 7 nitrogen and oxygen atoms in total. The Morgan fingerprint density at radius 1 is 1.21 bits per heavy atom. The Kier molecular flexibility index (Phi) is 5.75. The van der Waals surface area contributed by atoms with E-state index in [1.807, 2.05) is 0 Å². The number of para-hydroxylation sites is 1. The van der Waals surface area contributed by atoms with Crippen LogP contribution in [0.5, 0.6) is 11.5 Å². The molecule has 0 fully saturated rings. The second-order valence-electron chi connectivity index (χ2n) is 4.56. The van der Waals surface area contributed by atoms with Crippen LogP contribution < -0.4 is 15.5 Å². The van der Waals surface area contributed by atoms with Crippen LogP contribution >= 0.6 is 11.6 Å². The minimum Gasteiger partial charge on any atom is -0.504 e. The molecule has 2 rings (SSSR count). The Labute approximate surface area is 142 Å². The maximum Gasteiger partial charge on any atom is 0.329 e. The van der Waals surface area contributed by atoms with Gasteiger partial charge in [-0.3, -0.25) is 9.59 Å². The van der Waals surface area contributed by atoms with Crippen molar-refractivity contribution < 1.29 is 19.4 Å². The zero-order valence-corrected chi connectivity index (χ0v) is 13.4. The van der Waals surface area contributed by atoms with Gasteiger partial charge in [0.15, 0.2) is 11.5 Å². The maximum atomic E-state index is 11.7. The smallest absolute Gasteiger partial charge is 0.329 e. The number of rotatable bonds is 4. The number of phenolic OH excluding ortho intramolecular Hbond substituents is 1. The van der Waals surface area contributed by atoms with Crippen molar-refractivity contribution in [2.24, 2.45) is 5.10 Å². The number of aromatic hydroxyl groups is 1. The number of benzene rings is 2. The number of phenols is 1. The predicted octanol–water partition coefficient (Wildman–Crippen LogP) is 2.14. The summed E-state index contributed by atoms with van der Waals surface area (Å²) in [7, 11) is 1.41. The zero-order valence-electron chi connectivity index (χ0n) is 12.6.